The Morgan fingerprint density at radius 3 is 2.61 bits per heavy atom. The van der Waals surface area contributed by atoms with Crippen molar-refractivity contribution in [1.29, 1.82) is 0 Å². The summed E-state index contributed by atoms with van der Waals surface area (Å²) >= 11 is 5.90. The van der Waals surface area contributed by atoms with Crippen molar-refractivity contribution in [3.8, 4) is 0 Å². The van der Waals surface area contributed by atoms with E-state index >= 15 is 0 Å². The summed E-state index contributed by atoms with van der Waals surface area (Å²) in [7, 11) is -2.10. The lowest BCUT2D eigenvalue weighted by Crippen LogP contribution is -2.27. The summed E-state index contributed by atoms with van der Waals surface area (Å²) in [6, 6.07) is 0. The van der Waals surface area contributed by atoms with Crippen LogP contribution in [0.5, 0.6) is 0 Å². The first kappa shape index (κ1) is 15.4. The van der Waals surface area contributed by atoms with Gasteiger partial charge < -0.3 is 5.11 Å². The first-order chi connectivity index (χ1) is 8.29. The third-order valence-corrected chi connectivity index (χ3v) is 4.77. The number of sulfonamides is 1. The van der Waals surface area contributed by atoms with Crippen LogP contribution in [0.15, 0.2) is 4.90 Å². The second kappa shape index (κ2) is 6.01. The number of halogens is 1. The predicted octanol–water partition coefficient (Wildman–Crippen LogP) is 0.821. The van der Waals surface area contributed by atoms with E-state index in [0.717, 1.165) is 0 Å². The largest absolute Gasteiger partial charge is 0.393 e. The number of aliphatic hydroxyl groups is 1. The molecule has 0 radical (unpaired) electrons. The van der Waals surface area contributed by atoms with E-state index in [1.807, 2.05) is 6.92 Å². The van der Waals surface area contributed by atoms with Crippen LogP contribution in [-0.4, -0.2) is 36.0 Å². The maximum atomic E-state index is 12.0. The van der Waals surface area contributed by atoms with Crippen LogP contribution in [0.25, 0.3) is 0 Å². The van der Waals surface area contributed by atoms with Gasteiger partial charge in [0.25, 0.3) is 0 Å². The monoisotopic (exact) mass is 295 g/mol. The molecule has 0 saturated heterocycles. The average Bonchev–Trinajstić information content (AvgIpc) is 2.52. The molecule has 1 aromatic heterocycles. The smallest absolute Gasteiger partial charge is 0.245 e. The molecular weight excluding hydrogens is 278 g/mol. The van der Waals surface area contributed by atoms with Gasteiger partial charge in [-0.05, 0) is 19.8 Å². The van der Waals surface area contributed by atoms with Crippen LogP contribution in [0.4, 0.5) is 0 Å². The molecule has 0 spiro atoms. The maximum Gasteiger partial charge on any atom is 0.245 e. The van der Waals surface area contributed by atoms with Crippen LogP contribution < -0.4 is 4.72 Å². The minimum absolute atomic E-state index is 0.00217. The summed E-state index contributed by atoms with van der Waals surface area (Å²) in [4.78, 5) is -0.00217. The van der Waals surface area contributed by atoms with Crippen LogP contribution in [0.1, 0.15) is 25.5 Å². The summed E-state index contributed by atoms with van der Waals surface area (Å²) < 4.78 is 27.8. The molecule has 18 heavy (non-hydrogen) atoms. The molecule has 1 aromatic rings. The molecule has 1 rings (SSSR count). The van der Waals surface area contributed by atoms with Gasteiger partial charge in [-0.3, -0.25) is 4.68 Å². The van der Waals surface area contributed by atoms with E-state index in [4.69, 9.17) is 11.6 Å². The summed E-state index contributed by atoms with van der Waals surface area (Å²) in [6.45, 7) is 3.59. The summed E-state index contributed by atoms with van der Waals surface area (Å²) in [6.07, 6.45) is 0.458. The van der Waals surface area contributed by atoms with Crippen LogP contribution in [0.3, 0.4) is 0 Å². The zero-order valence-electron chi connectivity index (χ0n) is 10.6. The van der Waals surface area contributed by atoms with E-state index < -0.39 is 16.1 Å². The Labute approximate surface area is 112 Å². The van der Waals surface area contributed by atoms with Gasteiger partial charge in [-0.2, -0.15) is 5.10 Å². The zero-order chi connectivity index (χ0) is 13.9. The summed E-state index contributed by atoms with van der Waals surface area (Å²) in [5.41, 5.74) is 0.353. The van der Waals surface area contributed by atoms with Gasteiger partial charge >= 0.3 is 0 Å². The Balaban J connectivity index is 2.81. The number of rotatable bonds is 6. The minimum Gasteiger partial charge on any atom is -0.393 e. The van der Waals surface area contributed by atoms with E-state index in [1.165, 1.54) is 4.68 Å². The standard InChI is InChI=1S/C10H18ClN3O3S/c1-4-8(15)5-6-12-18(16,17)9-7(2)13-14(3)10(9)11/h8,12,15H,4-6H2,1-3H3. The Kier molecular flexibility index (Phi) is 5.15. The van der Waals surface area contributed by atoms with E-state index in [2.05, 4.69) is 9.82 Å². The number of aliphatic hydroxyl groups excluding tert-OH is 1. The number of hydrogen-bond acceptors (Lipinski definition) is 4. The molecule has 6 nitrogen and oxygen atoms in total. The molecule has 1 atom stereocenters. The van der Waals surface area contributed by atoms with Gasteiger partial charge in [0.15, 0.2) is 0 Å². The second-order valence-electron chi connectivity index (χ2n) is 4.08. The first-order valence-corrected chi connectivity index (χ1v) is 7.52. The maximum absolute atomic E-state index is 12.0. The van der Waals surface area contributed by atoms with E-state index in [-0.39, 0.29) is 16.6 Å². The number of aromatic nitrogens is 2. The first-order valence-electron chi connectivity index (χ1n) is 5.66. The molecule has 0 bridgehead atoms. The highest BCUT2D eigenvalue weighted by Crippen LogP contribution is 2.23. The zero-order valence-corrected chi connectivity index (χ0v) is 12.2. The SMILES string of the molecule is CCC(O)CCNS(=O)(=O)c1c(C)nn(C)c1Cl. The van der Waals surface area contributed by atoms with Gasteiger partial charge in [-0.1, -0.05) is 18.5 Å². The lowest BCUT2D eigenvalue weighted by molar-refractivity contribution is 0.162. The molecule has 0 aliphatic rings. The molecular formula is C10H18ClN3O3S. The summed E-state index contributed by atoms with van der Waals surface area (Å²) in [5, 5.41) is 13.4. The van der Waals surface area contributed by atoms with Crippen molar-refractivity contribution < 1.29 is 13.5 Å². The molecule has 0 amide bonds. The average molecular weight is 296 g/mol. The van der Waals surface area contributed by atoms with Crippen molar-refractivity contribution in [2.75, 3.05) is 6.54 Å². The molecule has 2 N–H and O–H groups in total. The van der Waals surface area contributed by atoms with Crippen molar-refractivity contribution in [2.45, 2.75) is 37.7 Å². The van der Waals surface area contributed by atoms with Crippen molar-refractivity contribution in [2.24, 2.45) is 7.05 Å². The van der Waals surface area contributed by atoms with Crippen LogP contribution >= 0.6 is 11.6 Å². The fourth-order valence-corrected chi connectivity index (χ4v) is 3.35. The fraction of sp³-hybridized carbons (Fsp3) is 0.700. The molecule has 0 aliphatic carbocycles. The highest BCUT2D eigenvalue weighted by atomic mass is 35.5. The Hall–Kier alpha value is -0.630. The van der Waals surface area contributed by atoms with Crippen molar-refractivity contribution in [1.82, 2.24) is 14.5 Å². The second-order valence-corrected chi connectivity index (χ2v) is 6.14. The molecule has 0 saturated carbocycles. The Bertz CT molecular complexity index is 513. The van der Waals surface area contributed by atoms with Gasteiger partial charge in [0.1, 0.15) is 10.0 Å². The van der Waals surface area contributed by atoms with Gasteiger partial charge in [0.2, 0.25) is 10.0 Å². The molecule has 1 unspecified atom stereocenters. The number of hydrogen-bond donors (Lipinski definition) is 2. The molecule has 0 fully saturated rings. The van der Waals surface area contributed by atoms with Gasteiger partial charge in [-0.15, -0.1) is 0 Å². The molecule has 1 heterocycles. The predicted molar refractivity (Wildman–Crippen MR) is 69.1 cm³/mol. The van der Waals surface area contributed by atoms with Crippen LogP contribution in [0, 0.1) is 6.92 Å². The third kappa shape index (κ3) is 3.44. The van der Waals surface area contributed by atoms with E-state index in [1.54, 1.807) is 14.0 Å². The topological polar surface area (TPSA) is 84.2 Å². The fourth-order valence-electron chi connectivity index (χ4n) is 1.55. The third-order valence-electron chi connectivity index (χ3n) is 2.61. The Morgan fingerprint density at radius 1 is 1.56 bits per heavy atom. The minimum atomic E-state index is -3.68. The summed E-state index contributed by atoms with van der Waals surface area (Å²) in [5.74, 6) is 0. The lowest BCUT2D eigenvalue weighted by atomic mass is 10.2. The molecule has 8 heteroatoms. The molecule has 0 aliphatic heterocycles. The van der Waals surface area contributed by atoms with Crippen molar-refractivity contribution in [3.05, 3.63) is 10.8 Å². The Morgan fingerprint density at radius 2 is 2.17 bits per heavy atom. The van der Waals surface area contributed by atoms with Crippen LogP contribution in [-0.2, 0) is 17.1 Å². The van der Waals surface area contributed by atoms with Crippen molar-refractivity contribution in [3.63, 3.8) is 0 Å². The molecule has 104 valence electrons. The van der Waals surface area contributed by atoms with E-state index in [9.17, 15) is 13.5 Å². The van der Waals surface area contributed by atoms with Crippen molar-refractivity contribution >= 4 is 21.6 Å². The van der Waals surface area contributed by atoms with E-state index in [0.29, 0.717) is 18.5 Å². The highest BCUT2D eigenvalue weighted by molar-refractivity contribution is 7.89. The van der Waals surface area contributed by atoms with Crippen LogP contribution in [0.2, 0.25) is 5.15 Å². The number of nitrogens with one attached hydrogen (secondary N) is 1. The quantitative estimate of drug-likeness (QED) is 0.814. The lowest BCUT2D eigenvalue weighted by Gasteiger charge is -2.09. The number of aryl methyl sites for hydroxylation is 2. The van der Waals surface area contributed by atoms with Gasteiger partial charge in [0, 0.05) is 13.6 Å². The normalized spacial score (nSPS) is 13.8. The highest BCUT2D eigenvalue weighted by Gasteiger charge is 2.24. The number of nitrogens with zero attached hydrogens (tertiary/aromatic N) is 2. The van der Waals surface area contributed by atoms with Gasteiger partial charge in [-0.25, -0.2) is 13.1 Å². The van der Waals surface area contributed by atoms with Gasteiger partial charge in [0.05, 0.1) is 11.8 Å². The molecule has 0 aromatic carbocycles.